The highest BCUT2D eigenvalue weighted by Gasteiger charge is 2.03. The summed E-state index contributed by atoms with van der Waals surface area (Å²) >= 11 is 0. The molecule has 0 radical (unpaired) electrons. The van der Waals surface area contributed by atoms with E-state index >= 15 is 0 Å². The predicted octanol–water partition coefficient (Wildman–Crippen LogP) is 4.37. The van der Waals surface area contributed by atoms with E-state index in [2.05, 4.69) is 20.6 Å². The SMILES string of the molecule is CC(=O)c1ccc(Nc2cc(Nc3ccc(C(C)=O)cc3)ncn2)cc1. The third-order valence-corrected chi connectivity index (χ3v) is 3.79. The molecule has 0 unspecified atom stereocenters. The molecule has 3 aromatic rings. The van der Waals surface area contributed by atoms with Crippen LogP contribution >= 0.6 is 0 Å². The van der Waals surface area contributed by atoms with Crippen LogP contribution in [0.2, 0.25) is 0 Å². The van der Waals surface area contributed by atoms with Gasteiger partial charge in [0.15, 0.2) is 11.6 Å². The largest absolute Gasteiger partial charge is 0.340 e. The normalized spacial score (nSPS) is 10.2. The van der Waals surface area contributed by atoms with Gasteiger partial charge in [-0.1, -0.05) is 0 Å². The molecular weight excluding hydrogens is 328 g/mol. The molecule has 3 rings (SSSR count). The summed E-state index contributed by atoms with van der Waals surface area (Å²) in [6.45, 7) is 3.07. The zero-order chi connectivity index (χ0) is 18.5. The zero-order valence-electron chi connectivity index (χ0n) is 14.5. The van der Waals surface area contributed by atoms with Crippen LogP contribution in [0.15, 0.2) is 60.9 Å². The van der Waals surface area contributed by atoms with Gasteiger partial charge in [-0.3, -0.25) is 9.59 Å². The maximum Gasteiger partial charge on any atom is 0.159 e. The van der Waals surface area contributed by atoms with Gasteiger partial charge in [-0.05, 0) is 62.4 Å². The lowest BCUT2D eigenvalue weighted by Gasteiger charge is -2.09. The van der Waals surface area contributed by atoms with Crippen molar-refractivity contribution in [1.29, 1.82) is 0 Å². The minimum absolute atomic E-state index is 0.0286. The minimum Gasteiger partial charge on any atom is -0.340 e. The van der Waals surface area contributed by atoms with Crippen molar-refractivity contribution < 1.29 is 9.59 Å². The molecular formula is C20H18N4O2. The van der Waals surface area contributed by atoms with Crippen LogP contribution < -0.4 is 10.6 Å². The number of ketones is 2. The lowest BCUT2D eigenvalue weighted by molar-refractivity contribution is 0.100. The number of hydrogen-bond donors (Lipinski definition) is 2. The molecule has 0 aliphatic carbocycles. The fraction of sp³-hybridized carbons (Fsp3) is 0.100. The number of nitrogens with zero attached hydrogens (tertiary/aromatic N) is 2. The molecule has 2 aromatic carbocycles. The van der Waals surface area contributed by atoms with Crippen LogP contribution in [0, 0.1) is 0 Å². The molecule has 0 aliphatic rings. The molecule has 0 amide bonds. The fourth-order valence-corrected chi connectivity index (χ4v) is 2.37. The monoisotopic (exact) mass is 346 g/mol. The third kappa shape index (κ3) is 4.30. The molecule has 0 saturated heterocycles. The van der Waals surface area contributed by atoms with E-state index in [9.17, 15) is 9.59 Å². The zero-order valence-corrected chi connectivity index (χ0v) is 14.5. The van der Waals surface area contributed by atoms with Crippen molar-refractivity contribution in [3.05, 3.63) is 72.1 Å². The van der Waals surface area contributed by atoms with Gasteiger partial charge >= 0.3 is 0 Å². The van der Waals surface area contributed by atoms with Gasteiger partial charge in [0.25, 0.3) is 0 Å². The topological polar surface area (TPSA) is 84.0 Å². The molecule has 6 nitrogen and oxygen atoms in total. The van der Waals surface area contributed by atoms with Crippen molar-refractivity contribution in [2.45, 2.75) is 13.8 Å². The molecule has 0 fully saturated rings. The number of rotatable bonds is 6. The van der Waals surface area contributed by atoms with Crippen LogP contribution in [0.5, 0.6) is 0 Å². The predicted molar refractivity (Wildman–Crippen MR) is 101 cm³/mol. The van der Waals surface area contributed by atoms with E-state index in [0.29, 0.717) is 22.8 Å². The molecule has 1 heterocycles. The summed E-state index contributed by atoms with van der Waals surface area (Å²) in [4.78, 5) is 31.0. The molecule has 0 bridgehead atoms. The lowest BCUT2D eigenvalue weighted by Crippen LogP contribution is -1.99. The Labute approximate surface area is 151 Å². The number of nitrogens with one attached hydrogen (secondary N) is 2. The Morgan fingerprint density at radius 2 is 1.08 bits per heavy atom. The van der Waals surface area contributed by atoms with E-state index in [4.69, 9.17) is 0 Å². The number of benzene rings is 2. The molecule has 130 valence electrons. The molecule has 2 N–H and O–H groups in total. The summed E-state index contributed by atoms with van der Waals surface area (Å²) < 4.78 is 0. The highest BCUT2D eigenvalue weighted by molar-refractivity contribution is 5.94. The van der Waals surface area contributed by atoms with E-state index in [0.717, 1.165) is 11.4 Å². The van der Waals surface area contributed by atoms with Crippen molar-refractivity contribution in [3.63, 3.8) is 0 Å². The van der Waals surface area contributed by atoms with Crippen LogP contribution in [0.4, 0.5) is 23.0 Å². The first-order valence-corrected chi connectivity index (χ1v) is 8.09. The number of carbonyl (C=O) groups excluding carboxylic acids is 2. The molecule has 0 aliphatic heterocycles. The summed E-state index contributed by atoms with van der Waals surface area (Å²) in [5.74, 6) is 1.30. The Morgan fingerprint density at radius 3 is 1.42 bits per heavy atom. The Bertz CT molecular complexity index is 860. The first-order valence-electron chi connectivity index (χ1n) is 8.09. The van der Waals surface area contributed by atoms with Crippen molar-refractivity contribution in [2.24, 2.45) is 0 Å². The summed E-state index contributed by atoms with van der Waals surface area (Å²) in [5, 5.41) is 6.35. The van der Waals surface area contributed by atoms with Crippen LogP contribution in [-0.2, 0) is 0 Å². The van der Waals surface area contributed by atoms with E-state index in [1.165, 1.54) is 20.2 Å². The minimum atomic E-state index is 0.0286. The number of Topliss-reactive ketones (excluding diaryl/α,β-unsaturated/α-hetero) is 2. The number of anilines is 4. The Kier molecular flexibility index (Phi) is 5.03. The molecule has 0 atom stereocenters. The molecule has 26 heavy (non-hydrogen) atoms. The Hall–Kier alpha value is -3.54. The average Bonchev–Trinajstić information content (AvgIpc) is 2.63. The first-order chi connectivity index (χ1) is 12.5. The maximum atomic E-state index is 11.3. The summed E-state index contributed by atoms with van der Waals surface area (Å²) in [5.41, 5.74) is 2.97. The summed E-state index contributed by atoms with van der Waals surface area (Å²) in [6, 6.07) is 16.1. The van der Waals surface area contributed by atoms with Gasteiger partial charge in [-0.2, -0.15) is 0 Å². The molecule has 1 aromatic heterocycles. The maximum absolute atomic E-state index is 11.3. The Balaban J connectivity index is 1.71. The van der Waals surface area contributed by atoms with Gasteiger partial charge < -0.3 is 10.6 Å². The smallest absolute Gasteiger partial charge is 0.159 e. The number of hydrogen-bond acceptors (Lipinski definition) is 6. The van der Waals surface area contributed by atoms with Gasteiger partial charge in [-0.15, -0.1) is 0 Å². The fourth-order valence-electron chi connectivity index (χ4n) is 2.37. The number of carbonyl (C=O) groups is 2. The molecule has 0 spiro atoms. The highest BCUT2D eigenvalue weighted by atomic mass is 16.1. The Morgan fingerprint density at radius 1 is 0.692 bits per heavy atom. The molecule has 0 saturated carbocycles. The lowest BCUT2D eigenvalue weighted by atomic mass is 10.1. The van der Waals surface area contributed by atoms with E-state index in [1.807, 2.05) is 24.3 Å². The second-order valence-corrected chi connectivity index (χ2v) is 5.81. The van der Waals surface area contributed by atoms with Gasteiger partial charge in [0.05, 0.1) is 0 Å². The average molecular weight is 346 g/mol. The van der Waals surface area contributed by atoms with E-state index < -0.39 is 0 Å². The number of aromatic nitrogens is 2. The van der Waals surface area contributed by atoms with E-state index in [1.54, 1.807) is 30.3 Å². The van der Waals surface area contributed by atoms with Crippen molar-refractivity contribution in [2.75, 3.05) is 10.6 Å². The van der Waals surface area contributed by atoms with Gasteiger partial charge in [0, 0.05) is 28.6 Å². The summed E-state index contributed by atoms with van der Waals surface area (Å²) in [7, 11) is 0. The van der Waals surface area contributed by atoms with Crippen LogP contribution in [0.1, 0.15) is 34.6 Å². The van der Waals surface area contributed by atoms with Gasteiger partial charge in [0.1, 0.15) is 18.0 Å². The van der Waals surface area contributed by atoms with Gasteiger partial charge in [-0.25, -0.2) is 9.97 Å². The van der Waals surface area contributed by atoms with Gasteiger partial charge in [0.2, 0.25) is 0 Å². The van der Waals surface area contributed by atoms with Crippen LogP contribution in [-0.4, -0.2) is 21.5 Å². The van der Waals surface area contributed by atoms with Crippen molar-refractivity contribution >= 4 is 34.6 Å². The standard InChI is InChI=1S/C20H18N4O2/c1-13(25)15-3-7-17(8-4-15)23-19-11-20(22-12-21-19)24-18-9-5-16(6-10-18)14(2)26/h3-12H,1-2H3,(H2,21,22,23,24). The third-order valence-electron chi connectivity index (χ3n) is 3.79. The van der Waals surface area contributed by atoms with Crippen molar-refractivity contribution in [3.8, 4) is 0 Å². The first kappa shape index (κ1) is 17.3. The van der Waals surface area contributed by atoms with Crippen LogP contribution in [0.3, 0.4) is 0 Å². The summed E-state index contributed by atoms with van der Waals surface area (Å²) in [6.07, 6.45) is 1.46. The molecule has 6 heteroatoms. The quantitative estimate of drug-likeness (QED) is 0.645. The van der Waals surface area contributed by atoms with E-state index in [-0.39, 0.29) is 11.6 Å². The van der Waals surface area contributed by atoms with Crippen LogP contribution in [0.25, 0.3) is 0 Å². The second-order valence-electron chi connectivity index (χ2n) is 5.81. The van der Waals surface area contributed by atoms with Crippen molar-refractivity contribution in [1.82, 2.24) is 9.97 Å². The second kappa shape index (κ2) is 7.57. The highest BCUT2D eigenvalue weighted by Crippen LogP contribution is 2.20.